The molecule has 0 fully saturated rings. The van der Waals surface area contributed by atoms with Crippen molar-refractivity contribution in [2.75, 3.05) is 6.54 Å². The van der Waals surface area contributed by atoms with Crippen molar-refractivity contribution in [1.29, 1.82) is 0 Å². The molecule has 1 unspecified atom stereocenters. The van der Waals surface area contributed by atoms with E-state index < -0.39 is 0 Å². The second-order valence-corrected chi connectivity index (χ2v) is 6.05. The molecule has 0 aliphatic rings. The first-order valence-electron chi connectivity index (χ1n) is 7.33. The van der Waals surface area contributed by atoms with Crippen LogP contribution < -0.4 is 5.73 Å². The number of nitrogens with two attached hydrogens (primary N) is 1. The van der Waals surface area contributed by atoms with E-state index >= 15 is 0 Å². The van der Waals surface area contributed by atoms with Crippen LogP contribution in [0.15, 0.2) is 36.4 Å². The zero-order chi connectivity index (χ0) is 14.7. The van der Waals surface area contributed by atoms with Gasteiger partial charge < -0.3 is 5.73 Å². The number of benzene rings is 2. The highest BCUT2D eigenvalue weighted by Gasteiger charge is 2.12. The summed E-state index contributed by atoms with van der Waals surface area (Å²) in [4.78, 5) is 0. The molecule has 2 N–H and O–H groups in total. The zero-order valence-electron chi connectivity index (χ0n) is 13.0. The van der Waals surface area contributed by atoms with Gasteiger partial charge in [0, 0.05) is 5.92 Å². The Morgan fingerprint density at radius 1 is 0.750 bits per heavy atom. The molecule has 0 saturated carbocycles. The molecule has 1 atom stereocenters. The number of hydrogen-bond acceptors (Lipinski definition) is 1. The Labute approximate surface area is 122 Å². The van der Waals surface area contributed by atoms with Crippen LogP contribution in [0.5, 0.6) is 0 Å². The lowest BCUT2D eigenvalue weighted by Crippen LogP contribution is -2.15. The van der Waals surface area contributed by atoms with Gasteiger partial charge in [-0.15, -0.1) is 0 Å². The molecule has 106 valence electrons. The minimum Gasteiger partial charge on any atom is -0.330 e. The van der Waals surface area contributed by atoms with Gasteiger partial charge in [-0.25, -0.2) is 0 Å². The molecular weight excluding hydrogens is 242 g/mol. The first-order valence-corrected chi connectivity index (χ1v) is 7.33. The number of hydrogen-bond donors (Lipinski definition) is 1. The van der Waals surface area contributed by atoms with Gasteiger partial charge in [0.25, 0.3) is 0 Å². The van der Waals surface area contributed by atoms with E-state index in [-0.39, 0.29) is 0 Å². The molecule has 0 radical (unpaired) electrons. The standard InChI is InChI=1S/C19H25N/c1-13-5-14(2)8-17(7-13)11-19(12-20)18-9-15(3)6-16(4)10-18/h5-10,19H,11-12,20H2,1-4H3. The maximum Gasteiger partial charge on any atom is 0.000177 e. The molecule has 2 aromatic rings. The van der Waals surface area contributed by atoms with E-state index in [2.05, 4.69) is 64.1 Å². The SMILES string of the molecule is Cc1cc(C)cc(CC(CN)c2cc(C)cc(C)c2)c1. The molecule has 0 aliphatic carbocycles. The van der Waals surface area contributed by atoms with Gasteiger partial charge in [0.15, 0.2) is 0 Å². The number of aryl methyl sites for hydroxylation is 4. The minimum absolute atomic E-state index is 0.398. The number of rotatable bonds is 4. The maximum atomic E-state index is 6.03. The van der Waals surface area contributed by atoms with Gasteiger partial charge in [-0.05, 0) is 51.8 Å². The predicted octanol–water partition coefficient (Wildman–Crippen LogP) is 4.21. The Morgan fingerprint density at radius 3 is 1.65 bits per heavy atom. The van der Waals surface area contributed by atoms with Gasteiger partial charge in [0.2, 0.25) is 0 Å². The van der Waals surface area contributed by atoms with Crippen LogP contribution in [0.4, 0.5) is 0 Å². The third kappa shape index (κ3) is 3.71. The largest absolute Gasteiger partial charge is 0.330 e. The van der Waals surface area contributed by atoms with Crippen LogP contribution in [0, 0.1) is 27.7 Å². The van der Waals surface area contributed by atoms with Gasteiger partial charge >= 0.3 is 0 Å². The van der Waals surface area contributed by atoms with Crippen molar-refractivity contribution in [3.8, 4) is 0 Å². The van der Waals surface area contributed by atoms with Crippen molar-refractivity contribution in [3.63, 3.8) is 0 Å². The van der Waals surface area contributed by atoms with Gasteiger partial charge in [-0.2, -0.15) is 0 Å². The van der Waals surface area contributed by atoms with Crippen molar-refractivity contribution in [2.24, 2.45) is 5.73 Å². The lowest BCUT2D eigenvalue weighted by atomic mass is 9.89. The smallest absolute Gasteiger partial charge is 0.000177 e. The monoisotopic (exact) mass is 267 g/mol. The van der Waals surface area contributed by atoms with Crippen LogP contribution in [0.25, 0.3) is 0 Å². The summed E-state index contributed by atoms with van der Waals surface area (Å²) in [6.45, 7) is 9.31. The van der Waals surface area contributed by atoms with Gasteiger partial charge in [0.1, 0.15) is 0 Å². The molecule has 1 heteroatoms. The Hall–Kier alpha value is -1.60. The van der Waals surface area contributed by atoms with Crippen molar-refractivity contribution >= 4 is 0 Å². The van der Waals surface area contributed by atoms with E-state index in [1.807, 2.05) is 0 Å². The average molecular weight is 267 g/mol. The van der Waals surface area contributed by atoms with Crippen LogP contribution in [-0.4, -0.2) is 6.54 Å². The molecule has 0 amide bonds. The van der Waals surface area contributed by atoms with E-state index in [1.54, 1.807) is 0 Å². The molecule has 0 bridgehead atoms. The average Bonchev–Trinajstić information content (AvgIpc) is 2.33. The van der Waals surface area contributed by atoms with E-state index in [4.69, 9.17) is 5.73 Å². The van der Waals surface area contributed by atoms with Crippen molar-refractivity contribution in [1.82, 2.24) is 0 Å². The molecule has 1 nitrogen and oxygen atoms in total. The summed E-state index contributed by atoms with van der Waals surface area (Å²) in [5.74, 6) is 0.398. The lowest BCUT2D eigenvalue weighted by Gasteiger charge is -2.17. The highest BCUT2D eigenvalue weighted by molar-refractivity contribution is 5.34. The fourth-order valence-electron chi connectivity index (χ4n) is 3.05. The fraction of sp³-hybridized carbons (Fsp3) is 0.368. The first kappa shape index (κ1) is 14.8. The minimum atomic E-state index is 0.398. The summed E-state index contributed by atoms with van der Waals surface area (Å²) in [6, 6.07) is 13.5. The summed E-state index contributed by atoms with van der Waals surface area (Å²) >= 11 is 0. The summed E-state index contributed by atoms with van der Waals surface area (Å²) < 4.78 is 0. The van der Waals surface area contributed by atoms with E-state index in [9.17, 15) is 0 Å². The molecule has 2 aromatic carbocycles. The highest BCUT2D eigenvalue weighted by atomic mass is 14.5. The lowest BCUT2D eigenvalue weighted by molar-refractivity contribution is 0.692. The predicted molar refractivity (Wildman–Crippen MR) is 87.3 cm³/mol. The molecule has 0 aliphatic heterocycles. The molecule has 2 rings (SSSR count). The van der Waals surface area contributed by atoms with Crippen molar-refractivity contribution in [3.05, 3.63) is 69.8 Å². The van der Waals surface area contributed by atoms with Crippen LogP contribution >= 0.6 is 0 Å². The molecular formula is C19H25N. The quantitative estimate of drug-likeness (QED) is 0.882. The topological polar surface area (TPSA) is 26.0 Å². The zero-order valence-corrected chi connectivity index (χ0v) is 13.0. The van der Waals surface area contributed by atoms with E-state index in [0.29, 0.717) is 12.5 Å². The van der Waals surface area contributed by atoms with Crippen LogP contribution in [0.1, 0.15) is 39.3 Å². The first-order chi connectivity index (χ1) is 9.47. The summed E-state index contributed by atoms with van der Waals surface area (Å²) in [5.41, 5.74) is 14.1. The van der Waals surface area contributed by atoms with Crippen LogP contribution in [-0.2, 0) is 6.42 Å². The fourth-order valence-corrected chi connectivity index (χ4v) is 3.05. The third-order valence-corrected chi connectivity index (χ3v) is 3.76. The Bertz CT molecular complexity index is 558. The normalized spacial score (nSPS) is 12.4. The van der Waals surface area contributed by atoms with E-state index in [0.717, 1.165) is 6.42 Å². The Morgan fingerprint density at radius 2 is 1.20 bits per heavy atom. The molecule has 20 heavy (non-hydrogen) atoms. The second kappa shape index (κ2) is 6.23. The van der Waals surface area contributed by atoms with Gasteiger partial charge in [-0.1, -0.05) is 58.7 Å². The van der Waals surface area contributed by atoms with Crippen LogP contribution in [0.2, 0.25) is 0 Å². The highest BCUT2D eigenvalue weighted by Crippen LogP contribution is 2.23. The molecule has 0 spiro atoms. The maximum absolute atomic E-state index is 6.03. The van der Waals surface area contributed by atoms with Gasteiger partial charge in [0.05, 0.1) is 0 Å². The second-order valence-electron chi connectivity index (χ2n) is 6.05. The summed E-state index contributed by atoms with van der Waals surface area (Å²) in [7, 11) is 0. The van der Waals surface area contributed by atoms with E-state index in [1.165, 1.54) is 33.4 Å². The molecule has 0 saturated heterocycles. The Balaban J connectivity index is 2.28. The summed E-state index contributed by atoms with van der Waals surface area (Å²) in [5, 5.41) is 0. The Kier molecular flexibility index (Phi) is 4.61. The molecule has 0 aromatic heterocycles. The molecule has 0 heterocycles. The summed E-state index contributed by atoms with van der Waals surface area (Å²) in [6.07, 6.45) is 1.02. The van der Waals surface area contributed by atoms with Gasteiger partial charge in [-0.3, -0.25) is 0 Å². The van der Waals surface area contributed by atoms with Crippen molar-refractivity contribution < 1.29 is 0 Å². The van der Waals surface area contributed by atoms with Crippen molar-refractivity contribution in [2.45, 2.75) is 40.0 Å². The third-order valence-electron chi connectivity index (χ3n) is 3.76. The van der Waals surface area contributed by atoms with Crippen LogP contribution in [0.3, 0.4) is 0 Å².